The van der Waals surface area contributed by atoms with Crippen LogP contribution in [0.1, 0.15) is 44.6 Å². The molecular weight excluding hydrogens is 244 g/mol. The number of hydrogen-bond acceptors (Lipinski definition) is 4. The minimum absolute atomic E-state index is 0.365. The van der Waals surface area contributed by atoms with Gasteiger partial charge in [-0.3, -0.25) is 0 Å². The molecule has 5 heteroatoms. The monoisotopic (exact) mass is 264 g/mol. The van der Waals surface area contributed by atoms with Gasteiger partial charge in [-0.25, -0.2) is 0 Å². The van der Waals surface area contributed by atoms with Crippen molar-refractivity contribution < 1.29 is 0 Å². The van der Waals surface area contributed by atoms with Crippen LogP contribution in [0.15, 0.2) is 12.3 Å². The third-order valence-corrected chi connectivity index (χ3v) is 4.25. The summed E-state index contributed by atoms with van der Waals surface area (Å²) in [6.45, 7) is 3.19. The molecule has 0 bridgehead atoms. The van der Waals surface area contributed by atoms with Crippen LogP contribution in [0.25, 0.3) is 0 Å². The Morgan fingerprint density at radius 1 is 1.50 bits per heavy atom. The smallest absolute Gasteiger partial charge is 0.158 e. The van der Waals surface area contributed by atoms with Crippen molar-refractivity contribution in [2.75, 3.05) is 11.9 Å². The first kappa shape index (κ1) is 13.2. The third-order valence-electron chi connectivity index (χ3n) is 4.03. The van der Waals surface area contributed by atoms with E-state index in [4.69, 9.17) is 18.0 Å². The zero-order valence-electron chi connectivity index (χ0n) is 10.8. The zero-order chi connectivity index (χ0) is 13.0. The van der Waals surface area contributed by atoms with Crippen LogP contribution in [-0.2, 0) is 0 Å². The number of nitrogens with one attached hydrogen (secondary N) is 1. The van der Waals surface area contributed by atoms with Gasteiger partial charge in [0.1, 0.15) is 4.99 Å². The van der Waals surface area contributed by atoms with Crippen molar-refractivity contribution >= 4 is 23.0 Å². The molecule has 0 aliphatic heterocycles. The normalized spacial score (nSPS) is 17.6. The lowest BCUT2D eigenvalue weighted by Gasteiger charge is -2.28. The van der Waals surface area contributed by atoms with Crippen molar-refractivity contribution in [3.05, 3.63) is 17.8 Å². The molecule has 0 saturated heterocycles. The van der Waals surface area contributed by atoms with E-state index in [1.54, 1.807) is 6.20 Å². The minimum atomic E-state index is 0.365. The molecule has 0 radical (unpaired) electrons. The highest BCUT2D eigenvalue weighted by atomic mass is 32.1. The lowest BCUT2D eigenvalue weighted by atomic mass is 9.83. The number of nitrogens with zero attached hydrogens (tertiary/aromatic N) is 2. The van der Waals surface area contributed by atoms with Crippen LogP contribution >= 0.6 is 12.2 Å². The first-order chi connectivity index (χ1) is 8.67. The standard InChI is InChI=1S/C13H20N4S/c1-2-13(6-3-4-7-13)9-15-12-10(11(14)18)5-8-16-17-12/h5,8H,2-4,6-7,9H2,1H3,(H2,14,18)(H,15,17). The van der Waals surface area contributed by atoms with E-state index < -0.39 is 0 Å². The van der Waals surface area contributed by atoms with Crippen molar-refractivity contribution in [2.24, 2.45) is 11.1 Å². The lowest BCUT2D eigenvalue weighted by molar-refractivity contribution is 0.306. The molecule has 1 saturated carbocycles. The van der Waals surface area contributed by atoms with E-state index in [-0.39, 0.29) is 0 Å². The van der Waals surface area contributed by atoms with E-state index in [9.17, 15) is 0 Å². The Bertz CT molecular complexity index is 427. The molecule has 3 N–H and O–H groups in total. The molecule has 4 nitrogen and oxygen atoms in total. The minimum Gasteiger partial charge on any atom is -0.389 e. The quantitative estimate of drug-likeness (QED) is 0.800. The molecule has 0 aromatic carbocycles. The first-order valence-electron chi connectivity index (χ1n) is 6.52. The Labute approximate surface area is 113 Å². The van der Waals surface area contributed by atoms with Crippen molar-refractivity contribution in [3.63, 3.8) is 0 Å². The summed E-state index contributed by atoms with van der Waals surface area (Å²) in [6, 6.07) is 1.81. The van der Waals surface area contributed by atoms with Gasteiger partial charge in [0.15, 0.2) is 5.82 Å². The number of rotatable bonds is 5. The molecule has 1 aliphatic rings. The predicted molar refractivity (Wildman–Crippen MR) is 77.6 cm³/mol. The number of thiocarbonyl (C=S) groups is 1. The van der Waals surface area contributed by atoms with Crippen molar-refractivity contribution in [2.45, 2.75) is 39.0 Å². The number of aromatic nitrogens is 2. The molecule has 1 fully saturated rings. The highest BCUT2D eigenvalue weighted by molar-refractivity contribution is 7.80. The number of hydrogen-bond donors (Lipinski definition) is 2. The molecule has 2 rings (SSSR count). The summed E-state index contributed by atoms with van der Waals surface area (Å²) in [4.78, 5) is 0.365. The van der Waals surface area contributed by atoms with E-state index in [0.717, 1.165) is 12.1 Å². The highest BCUT2D eigenvalue weighted by Gasteiger charge is 2.31. The van der Waals surface area contributed by atoms with E-state index in [1.807, 2.05) is 6.07 Å². The van der Waals surface area contributed by atoms with Crippen LogP contribution < -0.4 is 11.1 Å². The Kier molecular flexibility index (Phi) is 4.11. The van der Waals surface area contributed by atoms with Gasteiger partial charge >= 0.3 is 0 Å². The van der Waals surface area contributed by atoms with E-state index in [1.165, 1.54) is 32.1 Å². The van der Waals surface area contributed by atoms with Gasteiger partial charge in [-0.15, -0.1) is 5.10 Å². The van der Waals surface area contributed by atoms with Gasteiger partial charge < -0.3 is 11.1 Å². The Hall–Kier alpha value is -1.23. The summed E-state index contributed by atoms with van der Waals surface area (Å²) >= 11 is 5.02. The number of nitrogens with two attached hydrogens (primary N) is 1. The van der Waals surface area contributed by atoms with Gasteiger partial charge in [0.05, 0.1) is 11.8 Å². The van der Waals surface area contributed by atoms with Gasteiger partial charge in [-0.05, 0) is 30.7 Å². The summed E-state index contributed by atoms with van der Waals surface area (Å²) in [7, 11) is 0. The largest absolute Gasteiger partial charge is 0.389 e. The fourth-order valence-corrected chi connectivity index (χ4v) is 2.88. The van der Waals surface area contributed by atoms with Crippen LogP contribution in [-0.4, -0.2) is 21.7 Å². The molecule has 1 aromatic rings. The van der Waals surface area contributed by atoms with Gasteiger partial charge in [0, 0.05) is 6.54 Å². The Balaban J connectivity index is 2.08. The van der Waals surface area contributed by atoms with Crippen molar-refractivity contribution in [3.8, 4) is 0 Å². The van der Waals surface area contributed by atoms with E-state index in [0.29, 0.717) is 16.2 Å². The Morgan fingerprint density at radius 2 is 2.22 bits per heavy atom. The molecule has 0 amide bonds. The first-order valence-corrected chi connectivity index (χ1v) is 6.93. The van der Waals surface area contributed by atoms with Crippen LogP contribution in [0.3, 0.4) is 0 Å². The number of anilines is 1. The summed E-state index contributed by atoms with van der Waals surface area (Å²) in [5.41, 5.74) is 6.88. The van der Waals surface area contributed by atoms with Crippen LogP contribution in [0.4, 0.5) is 5.82 Å². The third kappa shape index (κ3) is 2.77. The fraction of sp³-hybridized carbons (Fsp3) is 0.615. The maximum Gasteiger partial charge on any atom is 0.158 e. The second-order valence-electron chi connectivity index (χ2n) is 5.07. The molecule has 1 aliphatic carbocycles. The van der Waals surface area contributed by atoms with E-state index >= 15 is 0 Å². The molecule has 0 atom stereocenters. The molecule has 1 heterocycles. The fourth-order valence-electron chi connectivity index (χ4n) is 2.71. The summed E-state index contributed by atoms with van der Waals surface area (Å²) in [5, 5.41) is 11.4. The summed E-state index contributed by atoms with van der Waals surface area (Å²) in [5.74, 6) is 0.713. The maximum atomic E-state index is 5.69. The summed E-state index contributed by atoms with van der Waals surface area (Å²) < 4.78 is 0. The average Bonchev–Trinajstić information content (AvgIpc) is 2.86. The SMILES string of the molecule is CCC1(CNc2nnccc2C(N)=S)CCCC1. The topological polar surface area (TPSA) is 63.8 Å². The molecule has 1 aromatic heterocycles. The molecule has 0 spiro atoms. The molecule has 98 valence electrons. The second-order valence-corrected chi connectivity index (χ2v) is 5.51. The molecule has 18 heavy (non-hydrogen) atoms. The average molecular weight is 264 g/mol. The zero-order valence-corrected chi connectivity index (χ0v) is 11.6. The van der Waals surface area contributed by atoms with Gasteiger partial charge in [0.25, 0.3) is 0 Å². The predicted octanol–water partition coefficient (Wildman–Crippen LogP) is 2.49. The Morgan fingerprint density at radius 3 is 2.83 bits per heavy atom. The van der Waals surface area contributed by atoms with Gasteiger partial charge in [-0.1, -0.05) is 32.0 Å². The lowest BCUT2D eigenvalue weighted by Crippen LogP contribution is -2.27. The van der Waals surface area contributed by atoms with Crippen molar-refractivity contribution in [1.82, 2.24) is 10.2 Å². The second kappa shape index (κ2) is 5.61. The van der Waals surface area contributed by atoms with Crippen LogP contribution in [0.2, 0.25) is 0 Å². The molecule has 0 unspecified atom stereocenters. The van der Waals surface area contributed by atoms with Crippen molar-refractivity contribution in [1.29, 1.82) is 0 Å². The maximum absolute atomic E-state index is 5.69. The van der Waals surface area contributed by atoms with Crippen LogP contribution in [0, 0.1) is 5.41 Å². The summed E-state index contributed by atoms with van der Waals surface area (Å²) in [6.07, 6.45) is 8.06. The highest BCUT2D eigenvalue weighted by Crippen LogP contribution is 2.40. The van der Waals surface area contributed by atoms with Gasteiger partial charge in [-0.2, -0.15) is 5.10 Å². The van der Waals surface area contributed by atoms with Crippen LogP contribution in [0.5, 0.6) is 0 Å². The van der Waals surface area contributed by atoms with Gasteiger partial charge in [0.2, 0.25) is 0 Å². The van der Waals surface area contributed by atoms with E-state index in [2.05, 4.69) is 22.4 Å². The molecular formula is C13H20N4S.